The molecule has 0 radical (unpaired) electrons. The SMILES string of the molecule is CCCC(=O)N1CCN(c2ccc(NC(=S)NC(=O)c3cc(Br)ccc3OC)cc2)CC1. The van der Waals surface area contributed by atoms with E-state index < -0.39 is 0 Å². The first kappa shape index (κ1) is 24.0. The highest BCUT2D eigenvalue weighted by Crippen LogP contribution is 2.23. The van der Waals surface area contributed by atoms with Crippen molar-refractivity contribution in [2.75, 3.05) is 43.5 Å². The van der Waals surface area contributed by atoms with Crippen LogP contribution in [0.2, 0.25) is 0 Å². The molecule has 0 aliphatic carbocycles. The third kappa shape index (κ3) is 6.20. The van der Waals surface area contributed by atoms with Gasteiger partial charge in [-0.15, -0.1) is 0 Å². The van der Waals surface area contributed by atoms with Crippen LogP contribution in [0.15, 0.2) is 46.9 Å². The van der Waals surface area contributed by atoms with Crippen LogP contribution in [0.3, 0.4) is 0 Å². The first-order valence-electron chi connectivity index (χ1n) is 10.5. The first-order valence-corrected chi connectivity index (χ1v) is 11.7. The highest BCUT2D eigenvalue weighted by Gasteiger charge is 2.20. The number of rotatable bonds is 6. The molecule has 0 unspecified atom stereocenters. The average Bonchev–Trinajstić information content (AvgIpc) is 2.79. The zero-order valence-corrected chi connectivity index (χ0v) is 20.6. The molecular formula is C23H27BrN4O3S. The van der Waals surface area contributed by atoms with Gasteiger partial charge in [0.05, 0.1) is 12.7 Å². The summed E-state index contributed by atoms with van der Waals surface area (Å²) < 4.78 is 6.02. The molecule has 0 saturated carbocycles. The van der Waals surface area contributed by atoms with Gasteiger partial charge in [0.25, 0.3) is 5.91 Å². The van der Waals surface area contributed by atoms with Gasteiger partial charge in [-0.2, -0.15) is 0 Å². The average molecular weight is 519 g/mol. The Hall–Kier alpha value is -2.65. The van der Waals surface area contributed by atoms with E-state index in [9.17, 15) is 9.59 Å². The summed E-state index contributed by atoms with van der Waals surface area (Å²) in [5, 5.41) is 5.92. The molecule has 1 fully saturated rings. The van der Waals surface area contributed by atoms with Crippen molar-refractivity contribution < 1.29 is 14.3 Å². The third-order valence-electron chi connectivity index (χ3n) is 5.22. The Bertz CT molecular complexity index is 976. The van der Waals surface area contributed by atoms with E-state index in [1.165, 1.54) is 7.11 Å². The molecule has 1 aliphatic rings. The fourth-order valence-electron chi connectivity index (χ4n) is 3.53. The van der Waals surface area contributed by atoms with Crippen LogP contribution in [0.4, 0.5) is 11.4 Å². The molecule has 3 rings (SSSR count). The Labute approximate surface area is 202 Å². The molecule has 170 valence electrons. The van der Waals surface area contributed by atoms with Crippen molar-refractivity contribution in [3.63, 3.8) is 0 Å². The number of amides is 2. The van der Waals surface area contributed by atoms with E-state index in [0.717, 1.165) is 48.4 Å². The molecule has 1 heterocycles. The predicted octanol–water partition coefficient (Wildman–Crippen LogP) is 4.03. The highest BCUT2D eigenvalue weighted by atomic mass is 79.9. The summed E-state index contributed by atoms with van der Waals surface area (Å²) in [5.74, 6) is 0.352. The van der Waals surface area contributed by atoms with Crippen molar-refractivity contribution in [2.24, 2.45) is 0 Å². The monoisotopic (exact) mass is 518 g/mol. The molecule has 9 heteroatoms. The maximum atomic E-state index is 12.6. The molecule has 0 bridgehead atoms. The highest BCUT2D eigenvalue weighted by molar-refractivity contribution is 9.10. The van der Waals surface area contributed by atoms with Crippen LogP contribution in [-0.2, 0) is 4.79 Å². The van der Waals surface area contributed by atoms with E-state index >= 15 is 0 Å². The van der Waals surface area contributed by atoms with Crippen LogP contribution in [-0.4, -0.2) is 55.1 Å². The van der Waals surface area contributed by atoms with Gasteiger partial charge in [-0.1, -0.05) is 22.9 Å². The Morgan fingerprint density at radius 2 is 1.78 bits per heavy atom. The standard InChI is InChI=1S/C23H27BrN4O3S/c1-3-4-21(29)28-13-11-27(12-14-28)18-8-6-17(7-9-18)25-23(32)26-22(30)19-15-16(24)5-10-20(19)31-2/h5-10,15H,3-4,11-14H2,1-2H3,(H2,25,26,30,32). The maximum Gasteiger partial charge on any atom is 0.261 e. The number of halogens is 1. The molecule has 2 N–H and O–H groups in total. The summed E-state index contributed by atoms with van der Waals surface area (Å²) in [5.41, 5.74) is 2.25. The third-order valence-corrected chi connectivity index (χ3v) is 5.92. The lowest BCUT2D eigenvalue weighted by Crippen LogP contribution is -2.48. The van der Waals surface area contributed by atoms with E-state index in [1.54, 1.807) is 18.2 Å². The number of piperazine rings is 1. The lowest BCUT2D eigenvalue weighted by atomic mass is 10.2. The molecule has 1 saturated heterocycles. The van der Waals surface area contributed by atoms with Crippen LogP contribution in [0.1, 0.15) is 30.1 Å². The van der Waals surface area contributed by atoms with Crippen molar-refractivity contribution in [1.29, 1.82) is 0 Å². The van der Waals surface area contributed by atoms with Gasteiger partial charge in [-0.05, 0) is 61.1 Å². The largest absolute Gasteiger partial charge is 0.496 e. The number of hydrogen-bond donors (Lipinski definition) is 2. The Morgan fingerprint density at radius 1 is 1.09 bits per heavy atom. The van der Waals surface area contributed by atoms with Gasteiger partial charge in [0.1, 0.15) is 5.75 Å². The summed E-state index contributed by atoms with van der Waals surface area (Å²) in [4.78, 5) is 28.8. The van der Waals surface area contributed by atoms with E-state index in [0.29, 0.717) is 17.7 Å². The molecule has 0 spiro atoms. The van der Waals surface area contributed by atoms with Crippen LogP contribution >= 0.6 is 28.1 Å². The second-order valence-electron chi connectivity index (χ2n) is 7.42. The number of carbonyl (C=O) groups is 2. The number of hydrogen-bond acceptors (Lipinski definition) is 5. The summed E-state index contributed by atoms with van der Waals surface area (Å²) >= 11 is 8.66. The minimum absolute atomic E-state index is 0.202. The van der Waals surface area contributed by atoms with E-state index in [1.807, 2.05) is 36.1 Å². The first-order chi connectivity index (χ1) is 15.4. The summed E-state index contributed by atoms with van der Waals surface area (Å²) in [6.45, 7) is 5.14. The quantitative estimate of drug-likeness (QED) is 0.562. The molecule has 7 nitrogen and oxygen atoms in total. The van der Waals surface area contributed by atoms with Crippen molar-refractivity contribution in [3.8, 4) is 5.75 Å². The lowest BCUT2D eigenvalue weighted by Gasteiger charge is -2.36. The summed E-state index contributed by atoms with van der Waals surface area (Å²) in [6.07, 6.45) is 1.50. The smallest absolute Gasteiger partial charge is 0.261 e. The zero-order chi connectivity index (χ0) is 23.1. The van der Waals surface area contributed by atoms with Gasteiger partial charge < -0.3 is 19.9 Å². The minimum atomic E-state index is -0.354. The van der Waals surface area contributed by atoms with Gasteiger partial charge in [-0.3, -0.25) is 14.9 Å². The Morgan fingerprint density at radius 3 is 2.41 bits per heavy atom. The van der Waals surface area contributed by atoms with Gasteiger partial charge in [0, 0.05) is 48.4 Å². The molecule has 1 aliphatic heterocycles. The molecular weight excluding hydrogens is 492 g/mol. The van der Waals surface area contributed by atoms with Crippen molar-refractivity contribution >= 4 is 56.4 Å². The fraction of sp³-hybridized carbons (Fsp3) is 0.348. The normalized spacial score (nSPS) is 13.5. The predicted molar refractivity (Wildman–Crippen MR) is 135 cm³/mol. The van der Waals surface area contributed by atoms with Crippen molar-refractivity contribution in [2.45, 2.75) is 19.8 Å². The van der Waals surface area contributed by atoms with Crippen LogP contribution in [0.5, 0.6) is 5.75 Å². The Balaban J connectivity index is 1.54. The van der Waals surface area contributed by atoms with E-state index in [-0.39, 0.29) is 16.9 Å². The van der Waals surface area contributed by atoms with Gasteiger partial charge in [-0.25, -0.2) is 0 Å². The number of thiocarbonyl (C=S) groups is 1. The summed E-state index contributed by atoms with van der Waals surface area (Å²) in [6, 6.07) is 13.1. The van der Waals surface area contributed by atoms with Crippen LogP contribution < -0.4 is 20.3 Å². The van der Waals surface area contributed by atoms with Gasteiger partial charge >= 0.3 is 0 Å². The zero-order valence-electron chi connectivity index (χ0n) is 18.2. The Kier molecular flexibility index (Phi) is 8.46. The van der Waals surface area contributed by atoms with Crippen LogP contribution in [0.25, 0.3) is 0 Å². The van der Waals surface area contributed by atoms with Crippen molar-refractivity contribution in [1.82, 2.24) is 10.2 Å². The fourth-order valence-corrected chi connectivity index (χ4v) is 4.10. The number of anilines is 2. The lowest BCUT2D eigenvalue weighted by molar-refractivity contribution is -0.131. The van der Waals surface area contributed by atoms with Crippen LogP contribution in [0, 0.1) is 0 Å². The number of nitrogens with zero attached hydrogens (tertiary/aromatic N) is 2. The molecule has 2 amide bonds. The second-order valence-corrected chi connectivity index (χ2v) is 8.74. The number of ether oxygens (including phenoxy) is 1. The second kappa shape index (κ2) is 11.3. The molecule has 2 aromatic rings. The molecule has 2 aromatic carbocycles. The van der Waals surface area contributed by atoms with E-state index in [2.05, 4.69) is 31.5 Å². The molecule has 0 aromatic heterocycles. The molecule has 0 atom stereocenters. The van der Waals surface area contributed by atoms with E-state index in [4.69, 9.17) is 17.0 Å². The number of benzene rings is 2. The maximum absolute atomic E-state index is 12.6. The van der Waals surface area contributed by atoms with Crippen molar-refractivity contribution in [3.05, 3.63) is 52.5 Å². The minimum Gasteiger partial charge on any atom is -0.496 e. The molecule has 32 heavy (non-hydrogen) atoms. The summed E-state index contributed by atoms with van der Waals surface area (Å²) in [7, 11) is 1.51. The number of carbonyl (C=O) groups excluding carboxylic acids is 2. The topological polar surface area (TPSA) is 73.9 Å². The van der Waals surface area contributed by atoms with Gasteiger partial charge in [0.2, 0.25) is 5.91 Å². The van der Waals surface area contributed by atoms with Gasteiger partial charge in [0.15, 0.2) is 5.11 Å². The number of nitrogens with one attached hydrogen (secondary N) is 2. The number of methoxy groups -OCH3 is 1.